The van der Waals surface area contributed by atoms with Gasteiger partial charge in [0.15, 0.2) is 0 Å². The zero-order valence-corrected chi connectivity index (χ0v) is 13.7. The monoisotopic (exact) mass is 322 g/mol. The number of rotatable bonds is 4. The Bertz CT molecular complexity index is 120. The lowest BCUT2D eigenvalue weighted by Gasteiger charge is -2.21. The third-order valence-corrected chi connectivity index (χ3v) is 1.54. The second-order valence-corrected chi connectivity index (χ2v) is 5.48. The van der Waals surface area contributed by atoms with Crippen molar-refractivity contribution in [3.8, 4) is 0 Å². The lowest BCUT2D eigenvalue weighted by molar-refractivity contribution is -0.870. The Hall–Kier alpha value is 0.610. The Labute approximate surface area is 117 Å². The third kappa shape index (κ3) is 36.5. The molecule has 0 bridgehead atoms. The number of aliphatic hydroxyl groups is 2. The van der Waals surface area contributed by atoms with Crippen LogP contribution < -0.4 is 29.4 Å². The van der Waals surface area contributed by atoms with Crippen LogP contribution >= 0.6 is 0 Å². The number of likely N-dealkylation sites (N-methyl/N-ethyl adjacent to an activating group) is 2. The topological polar surface area (TPSA) is 40.5 Å². The second-order valence-electron chi connectivity index (χ2n) is 5.48. The molecule has 0 aliphatic rings. The van der Waals surface area contributed by atoms with Crippen LogP contribution in [0, 0.1) is 0 Å². The molecule has 0 atom stereocenters. The van der Waals surface area contributed by atoms with E-state index in [0.717, 1.165) is 22.1 Å². The fraction of sp³-hybridized carbons (Fsp3) is 1.00. The summed E-state index contributed by atoms with van der Waals surface area (Å²) in [6, 6.07) is 0. The van der Waals surface area contributed by atoms with Gasteiger partial charge in [0.25, 0.3) is 0 Å². The highest BCUT2D eigenvalue weighted by Gasteiger charge is 2.02. The largest absolute Gasteiger partial charge is 1.00 e. The van der Waals surface area contributed by atoms with Crippen LogP contribution in [0.25, 0.3) is 0 Å². The molecule has 4 nitrogen and oxygen atoms in total. The molecule has 0 aromatic heterocycles. The van der Waals surface area contributed by atoms with Crippen molar-refractivity contribution in [2.24, 2.45) is 0 Å². The predicted molar refractivity (Wildman–Crippen MR) is 60.0 cm³/mol. The maximum atomic E-state index is 8.39. The highest BCUT2D eigenvalue weighted by molar-refractivity contribution is 4.19. The van der Waals surface area contributed by atoms with Crippen molar-refractivity contribution >= 4 is 0 Å². The van der Waals surface area contributed by atoms with Crippen molar-refractivity contribution in [3.05, 3.63) is 0 Å². The summed E-state index contributed by atoms with van der Waals surface area (Å²) >= 11 is 0. The minimum absolute atomic E-state index is 0. The summed E-state index contributed by atoms with van der Waals surface area (Å²) in [6.07, 6.45) is 0. The van der Waals surface area contributed by atoms with Gasteiger partial charge in [-0.1, -0.05) is 0 Å². The molecule has 0 aliphatic carbocycles. The maximum absolute atomic E-state index is 8.39. The van der Waals surface area contributed by atoms with E-state index in [-0.39, 0.29) is 42.6 Å². The van der Waals surface area contributed by atoms with Gasteiger partial charge in [0, 0.05) is 0 Å². The van der Waals surface area contributed by atoms with E-state index in [1.54, 1.807) is 0 Å². The van der Waals surface area contributed by atoms with E-state index in [1.807, 2.05) is 0 Å². The molecular weight excluding hydrogens is 295 g/mol. The van der Waals surface area contributed by atoms with E-state index in [2.05, 4.69) is 42.3 Å². The summed E-state index contributed by atoms with van der Waals surface area (Å²) in [5.74, 6) is 0. The zero-order chi connectivity index (χ0) is 11.8. The van der Waals surface area contributed by atoms with Gasteiger partial charge in [0.1, 0.15) is 13.1 Å². The lowest BCUT2D eigenvalue weighted by atomic mass is 10.5. The van der Waals surface area contributed by atoms with Crippen molar-refractivity contribution in [1.82, 2.24) is 0 Å². The van der Waals surface area contributed by atoms with E-state index in [4.69, 9.17) is 10.2 Å². The van der Waals surface area contributed by atoms with Gasteiger partial charge >= 0.3 is 0 Å². The number of hydrogen-bond donors (Lipinski definition) is 2. The number of hydrogen-bond acceptors (Lipinski definition) is 2. The second kappa shape index (κ2) is 12.1. The Balaban J connectivity index is -0.0000000800. The number of aliphatic hydroxyl groups excluding tert-OH is 2. The van der Waals surface area contributed by atoms with Gasteiger partial charge in [0.2, 0.25) is 0 Å². The summed E-state index contributed by atoms with van der Waals surface area (Å²) < 4.78 is 1.69. The summed E-state index contributed by atoms with van der Waals surface area (Å²) in [7, 11) is 12.3. The summed E-state index contributed by atoms with van der Waals surface area (Å²) in [6.45, 7) is 2.23. The molecule has 0 heterocycles. The van der Waals surface area contributed by atoms with Crippen LogP contribution in [0.15, 0.2) is 0 Å². The van der Waals surface area contributed by atoms with Crippen LogP contribution in [0.2, 0.25) is 0 Å². The molecule has 0 spiro atoms. The first-order chi connectivity index (χ1) is 6.12. The first kappa shape index (κ1) is 25.5. The van der Waals surface area contributed by atoms with Crippen molar-refractivity contribution in [3.63, 3.8) is 0 Å². The first-order valence-corrected chi connectivity index (χ1v) is 4.95. The Morgan fingerprint density at radius 3 is 0.875 bits per heavy atom. The van der Waals surface area contributed by atoms with Gasteiger partial charge < -0.3 is 48.6 Å². The number of nitrogens with zero attached hydrogens (tertiary/aromatic N) is 2. The van der Waals surface area contributed by atoms with E-state index >= 15 is 0 Å². The molecule has 0 rings (SSSR count). The third-order valence-electron chi connectivity index (χ3n) is 1.54. The van der Waals surface area contributed by atoms with Gasteiger partial charge in [-0.05, 0) is 0 Å². The van der Waals surface area contributed by atoms with E-state index in [0.29, 0.717) is 0 Å². The van der Waals surface area contributed by atoms with Crippen LogP contribution in [0.5, 0.6) is 0 Å². The summed E-state index contributed by atoms with van der Waals surface area (Å²) in [4.78, 5) is 0. The highest BCUT2D eigenvalue weighted by atomic mass is 79.9. The molecule has 104 valence electrons. The van der Waals surface area contributed by atoms with Crippen molar-refractivity contribution in [2.45, 2.75) is 0 Å². The van der Waals surface area contributed by atoms with Crippen LogP contribution in [0.1, 0.15) is 0 Å². The molecular formula is C10H28BrClN2O2. The number of quaternary nitrogens is 2. The molecule has 6 heteroatoms. The van der Waals surface area contributed by atoms with Crippen molar-refractivity contribution in [1.29, 1.82) is 0 Å². The van der Waals surface area contributed by atoms with Gasteiger partial charge in [-0.25, -0.2) is 0 Å². The van der Waals surface area contributed by atoms with Gasteiger partial charge in [-0.3, -0.25) is 0 Å². The first-order valence-electron chi connectivity index (χ1n) is 4.95. The molecule has 0 unspecified atom stereocenters. The van der Waals surface area contributed by atoms with Gasteiger partial charge in [0.05, 0.1) is 55.5 Å². The molecule has 0 radical (unpaired) electrons. The van der Waals surface area contributed by atoms with Crippen LogP contribution in [0.4, 0.5) is 0 Å². The average molecular weight is 324 g/mol. The lowest BCUT2D eigenvalue weighted by Crippen LogP contribution is -3.00. The van der Waals surface area contributed by atoms with Crippen LogP contribution in [-0.2, 0) is 0 Å². The fourth-order valence-electron chi connectivity index (χ4n) is 0.600. The molecule has 0 fully saturated rings. The molecule has 0 aliphatic heterocycles. The Kier molecular flexibility index (Phi) is 19.2. The van der Waals surface area contributed by atoms with E-state index in [9.17, 15) is 0 Å². The highest BCUT2D eigenvalue weighted by Crippen LogP contribution is 1.85. The average Bonchev–Trinajstić information content (AvgIpc) is 1.81. The van der Waals surface area contributed by atoms with Crippen LogP contribution in [0.3, 0.4) is 0 Å². The Morgan fingerprint density at radius 2 is 0.875 bits per heavy atom. The molecule has 0 saturated carbocycles. The molecule has 2 N–H and O–H groups in total. The summed E-state index contributed by atoms with van der Waals surface area (Å²) in [5, 5.41) is 16.8. The van der Waals surface area contributed by atoms with Gasteiger partial charge in [-0.15, -0.1) is 0 Å². The number of halogens is 2. The van der Waals surface area contributed by atoms with E-state index < -0.39 is 0 Å². The quantitative estimate of drug-likeness (QED) is 0.505. The molecule has 0 aromatic rings. The standard InChI is InChI=1S/2C5H14NO.BrH.ClH/c2*1-6(2,3)4-5-7;;/h2*7H,4-5H2,1-3H3;2*1H/q2*+1;;/p-2. The van der Waals surface area contributed by atoms with Gasteiger partial charge in [-0.2, -0.15) is 0 Å². The zero-order valence-electron chi connectivity index (χ0n) is 11.4. The fourth-order valence-corrected chi connectivity index (χ4v) is 0.600. The van der Waals surface area contributed by atoms with Crippen molar-refractivity contribution in [2.75, 3.05) is 68.6 Å². The smallest absolute Gasteiger partial charge is 0.101 e. The molecule has 0 saturated heterocycles. The SMILES string of the molecule is C[N+](C)(C)CCO.C[N+](C)(C)CCO.[Br-].[Cl-]. The molecule has 0 aromatic carbocycles. The van der Waals surface area contributed by atoms with Crippen LogP contribution in [-0.4, -0.2) is 87.8 Å². The predicted octanol–water partition coefficient (Wildman–Crippen LogP) is -6.62. The van der Waals surface area contributed by atoms with Crippen molar-refractivity contribution < 1.29 is 48.6 Å². The maximum Gasteiger partial charge on any atom is 0.101 e. The minimum Gasteiger partial charge on any atom is -1.00 e. The molecule has 0 amide bonds. The summed E-state index contributed by atoms with van der Waals surface area (Å²) in [5.41, 5.74) is 0. The Morgan fingerprint density at radius 1 is 0.688 bits per heavy atom. The molecule has 16 heavy (non-hydrogen) atoms. The normalized spacial score (nSPS) is 10.5. The minimum atomic E-state index is 0. The van der Waals surface area contributed by atoms with E-state index in [1.165, 1.54) is 0 Å².